The first-order chi connectivity index (χ1) is 13.1. The number of nitrogens with one attached hydrogen (secondary N) is 2. The van der Waals surface area contributed by atoms with Gasteiger partial charge in [0.2, 0.25) is 5.95 Å². The van der Waals surface area contributed by atoms with Gasteiger partial charge in [-0.3, -0.25) is 4.98 Å². The van der Waals surface area contributed by atoms with Crippen LogP contribution in [0.1, 0.15) is 42.6 Å². The van der Waals surface area contributed by atoms with E-state index in [2.05, 4.69) is 56.8 Å². The van der Waals surface area contributed by atoms with Gasteiger partial charge >= 0.3 is 0 Å². The Hall–Kier alpha value is -2.69. The Kier molecular flexibility index (Phi) is 6.58. The number of fused-ring (bicyclic) bond motifs is 1. The SMILES string of the molecule is Cc1ccc2c(NCCCCCCNc3nc(C)cc(C)n3)ccnc2c1. The van der Waals surface area contributed by atoms with Gasteiger partial charge in [-0.1, -0.05) is 25.0 Å². The quantitative estimate of drug-likeness (QED) is 0.522. The second-order valence-electron chi connectivity index (χ2n) is 7.12. The molecule has 0 unspecified atom stereocenters. The third-order valence-corrected chi connectivity index (χ3v) is 4.58. The van der Waals surface area contributed by atoms with Crippen molar-refractivity contribution in [1.29, 1.82) is 0 Å². The maximum absolute atomic E-state index is 4.46. The van der Waals surface area contributed by atoms with Crippen molar-refractivity contribution >= 4 is 22.5 Å². The Morgan fingerprint density at radius 2 is 1.48 bits per heavy atom. The van der Waals surface area contributed by atoms with Gasteiger partial charge in [-0.15, -0.1) is 0 Å². The second kappa shape index (κ2) is 9.31. The summed E-state index contributed by atoms with van der Waals surface area (Å²) in [6.07, 6.45) is 6.59. The smallest absolute Gasteiger partial charge is 0.223 e. The molecule has 0 aliphatic rings. The number of nitrogens with zero attached hydrogens (tertiary/aromatic N) is 3. The van der Waals surface area contributed by atoms with Crippen molar-refractivity contribution in [3.63, 3.8) is 0 Å². The number of rotatable bonds is 9. The molecule has 5 heteroatoms. The molecule has 2 heterocycles. The molecule has 3 aromatic rings. The first kappa shape index (κ1) is 19.1. The minimum atomic E-state index is 0.744. The van der Waals surface area contributed by atoms with E-state index in [0.29, 0.717) is 0 Å². The Morgan fingerprint density at radius 1 is 0.778 bits per heavy atom. The zero-order valence-corrected chi connectivity index (χ0v) is 16.5. The van der Waals surface area contributed by atoms with Gasteiger partial charge < -0.3 is 10.6 Å². The van der Waals surface area contributed by atoms with Crippen molar-refractivity contribution in [3.8, 4) is 0 Å². The lowest BCUT2D eigenvalue weighted by molar-refractivity contribution is 0.669. The predicted molar refractivity (Wildman–Crippen MR) is 113 cm³/mol. The molecular formula is C22H29N5. The monoisotopic (exact) mass is 363 g/mol. The van der Waals surface area contributed by atoms with Crippen LogP contribution in [0.15, 0.2) is 36.5 Å². The molecule has 0 aliphatic heterocycles. The van der Waals surface area contributed by atoms with Gasteiger partial charge in [-0.25, -0.2) is 9.97 Å². The third-order valence-electron chi connectivity index (χ3n) is 4.58. The first-order valence-electron chi connectivity index (χ1n) is 9.77. The van der Waals surface area contributed by atoms with Crippen LogP contribution in [-0.4, -0.2) is 28.0 Å². The number of benzene rings is 1. The summed E-state index contributed by atoms with van der Waals surface area (Å²) in [6.45, 7) is 8.01. The lowest BCUT2D eigenvalue weighted by Gasteiger charge is -2.10. The van der Waals surface area contributed by atoms with Gasteiger partial charge in [0.15, 0.2) is 0 Å². The van der Waals surface area contributed by atoms with Crippen LogP contribution in [0.2, 0.25) is 0 Å². The summed E-state index contributed by atoms with van der Waals surface area (Å²) in [5.41, 5.74) is 5.49. The molecule has 0 bridgehead atoms. The molecule has 2 aromatic heterocycles. The second-order valence-corrected chi connectivity index (χ2v) is 7.12. The van der Waals surface area contributed by atoms with Gasteiger partial charge in [-0.2, -0.15) is 0 Å². The number of anilines is 2. The van der Waals surface area contributed by atoms with E-state index in [9.17, 15) is 0 Å². The molecule has 142 valence electrons. The molecule has 2 N–H and O–H groups in total. The molecular weight excluding hydrogens is 334 g/mol. The van der Waals surface area contributed by atoms with E-state index in [0.717, 1.165) is 48.8 Å². The molecule has 0 radical (unpaired) electrons. The Bertz CT molecular complexity index is 871. The molecule has 0 fully saturated rings. The molecule has 0 amide bonds. The van der Waals surface area contributed by atoms with Gasteiger partial charge in [-0.05, 0) is 57.4 Å². The van der Waals surface area contributed by atoms with Crippen molar-refractivity contribution in [1.82, 2.24) is 15.0 Å². The summed E-state index contributed by atoms with van der Waals surface area (Å²) in [7, 11) is 0. The zero-order chi connectivity index (χ0) is 19.1. The normalized spacial score (nSPS) is 10.9. The number of hydrogen-bond acceptors (Lipinski definition) is 5. The van der Waals surface area contributed by atoms with E-state index in [-0.39, 0.29) is 0 Å². The highest BCUT2D eigenvalue weighted by Gasteiger charge is 2.02. The van der Waals surface area contributed by atoms with E-state index >= 15 is 0 Å². The van der Waals surface area contributed by atoms with Crippen molar-refractivity contribution in [2.24, 2.45) is 0 Å². The van der Waals surface area contributed by atoms with E-state index in [1.807, 2.05) is 26.1 Å². The van der Waals surface area contributed by atoms with Crippen LogP contribution in [0.25, 0.3) is 10.9 Å². The predicted octanol–water partition coefficient (Wildman–Crippen LogP) is 5.03. The molecule has 27 heavy (non-hydrogen) atoms. The molecule has 5 nitrogen and oxygen atoms in total. The largest absolute Gasteiger partial charge is 0.384 e. The number of aromatic nitrogens is 3. The minimum absolute atomic E-state index is 0.744. The number of aryl methyl sites for hydroxylation is 3. The van der Waals surface area contributed by atoms with E-state index < -0.39 is 0 Å². The average Bonchev–Trinajstić information content (AvgIpc) is 2.63. The van der Waals surface area contributed by atoms with Gasteiger partial charge in [0.05, 0.1) is 5.52 Å². The first-order valence-corrected chi connectivity index (χ1v) is 9.77. The maximum atomic E-state index is 4.46. The van der Waals surface area contributed by atoms with Crippen molar-refractivity contribution < 1.29 is 0 Å². The van der Waals surface area contributed by atoms with Crippen LogP contribution >= 0.6 is 0 Å². The molecule has 3 rings (SSSR count). The topological polar surface area (TPSA) is 62.7 Å². The summed E-state index contributed by atoms with van der Waals surface area (Å²) in [6, 6.07) is 10.5. The highest BCUT2D eigenvalue weighted by molar-refractivity contribution is 5.91. The standard InChI is InChI=1S/C22H29N5/c1-16-8-9-19-20(10-13-24-21(19)14-16)23-11-6-4-5-7-12-25-22-26-17(2)15-18(3)27-22/h8-10,13-15H,4-7,11-12H2,1-3H3,(H,23,24)(H,25,26,27). The highest BCUT2D eigenvalue weighted by Crippen LogP contribution is 2.22. The van der Waals surface area contributed by atoms with Gasteiger partial charge in [0, 0.05) is 41.7 Å². The summed E-state index contributed by atoms with van der Waals surface area (Å²) < 4.78 is 0. The van der Waals surface area contributed by atoms with Crippen LogP contribution in [0.5, 0.6) is 0 Å². The van der Waals surface area contributed by atoms with Crippen LogP contribution in [-0.2, 0) is 0 Å². The molecule has 0 spiro atoms. The zero-order valence-electron chi connectivity index (χ0n) is 16.5. The van der Waals surface area contributed by atoms with Gasteiger partial charge in [0.1, 0.15) is 0 Å². The molecule has 1 aromatic carbocycles. The number of unbranched alkanes of at least 4 members (excludes halogenated alkanes) is 3. The summed E-state index contributed by atoms with van der Waals surface area (Å²) in [4.78, 5) is 13.3. The van der Waals surface area contributed by atoms with Crippen LogP contribution in [0.4, 0.5) is 11.6 Å². The lowest BCUT2D eigenvalue weighted by atomic mass is 10.1. The third kappa shape index (κ3) is 5.64. The van der Waals surface area contributed by atoms with Crippen molar-refractivity contribution in [3.05, 3.63) is 53.5 Å². The minimum Gasteiger partial charge on any atom is -0.384 e. The van der Waals surface area contributed by atoms with Crippen LogP contribution < -0.4 is 10.6 Å². The molecule has 0 atom stereocenters. The van der Waals surface area contributed by atoms with E-state index in [1.54, 1.807) is 0 Å². The highest BCUT2D eigenvalue weighted by atomic mass is 15.1. The Morgan fingerprint density at radius 3 is 2.22 bits per heavy atom. The fraction of sp³-hybridized carbons (Fsp3) is 0.409. The molecule has 0 saturated heterocycles. The summed E-state index contributed by atoms with van der Waals surface area (Å²) >= 11 is 0. The van der Waals surface area contributed by atoms with Crippen LogP contribution in [0, 0.1) is 20.8 Å². The lowest BCUT2D eigenvalue weighted by Crippen LogP contribution is -2.07. The van der Waals surface area contributed by atoms with E-state index in [1.165, 1.54) is 29.5 Å². The fourth-order valence-electron chi connectivity index (χ4n) is 3.24. The van der Waals surface area contributed by atoms with Gasteiger partial charge in [0.25, 0.3) is 0 Å². The summed E-state index contributed by atoms with van der Waals surface area (Å²) in [5.74, 6) is 0.744. The Labute approximate surface area is 161 Å². The average molecular weight is 364 g/mol. The molecule has 0 saturated carbocycles. The maximum Gasteiger partial charge on any atom is 0.223 e. The van der Waals surface area contributed by atoms with Crippen LogP contribution in [0.3, 0.4) is 0 Å². The van der Waals surface area contributed by atoms with Crippen molar-refractivity contribution in [2.45, 2.75) is 46.5 Å². The fourth-order valence-corrected chi connectivity index (χ4v) is 3.24. The van der Waals surface area contributed by atoms with Crippen molar-refractivity contribution in [2.75, 3.05) is 23.7 Å². The number of hydrogen-bond donors (Lipinski definition) is 2. The Balaban J connectivity index is 1.34. The number of pyridine rings is 1. The molecule has 0 aliphatic carbocycles. The van der Waals surface area contributed by atoms with E-state index in [4.69, 9.17) is 0 Å². The summed E-state index contributed by atoms with van der Waals surface area (Å²) in [5, 5.41) is 8.08.